The second-order valence-electron chi connectivity index (χ2n) is 3.15. The molecule has 0 saturated heterocycles. The number of aryl methyl sites for hydroxylation is 1. The predicted octanol–water partition coefficient (Wildman–Crippen LogP) is 2.90. The summed E-state index contributed by atoms with van der Waals surface area (Å²) in [6.07, 6.45) is 0.843. The molecule has 1 aromatic carbocycles. The zero-order chi connectivity index (χ0) is 12.1. The highest BCUT2D eigenvalue weighted by Crippen LogP contribution is 2.22. The van der Waals surface area contributed by atoms with E-state index in [0.717, 1.165) is 15.6 Å². The summed E-state index contributed by atoms with van der Waals surface area (Å²) in [7, 11) is 0. The van der Waals surface area contributed by atoms with Gasteiger partial charge in [0.1, 0.15) is 6.07 Å². The highest BCUT2D eigenvalue weighted by Gasteiger charge is 2.16. The van der Waals surface area contributed by atoms with Gasteiger partial charge in [0.25, 0.3) is 0 Å². The van der Waals surface area contributed by atoms with E-state index in [-0.39, 0.29) is 0 Å². The Morgan fingerprint density at radius 1 is 1.50 bits per heavy atom. The van der Waals surface area contributed by atoms with Crippen LogP contribution in [0, 0.1) is 14.9 Å². The van der Waals surface area contributed by atoms with E-state index in [1.807, 2.05) is 13.0 Å². The van der Waals surface area contributed by atoms with Crippen LogP contribution >= 0.6 is 22.6 Å². The average Bonchev–Trinajstić information content (AvgIpc) is 2.28. The second kappa shape index (κ2) is 5.85. The Morgan fingerprint density at radius 3 is 2.69 bits per heavy atom. The molecule has 1 aromatic rings. The summed E-state index contributed by atoms with van der Waals surface area (Å²) in [5, 5.41) is 9.07. The molecule has 16 heavy (non-hydrogen) atoms. The van der Waals surface area contributed by atoms with Crippen LogP contribution in [0.15, 0.2) is 12.1 Å². The fourth-order valence-corrected chi connectivity index (χ4v) is 2.35. The van der Waals surface area contributed by atoms with E-state index in [1.54, 1.807) is 13.0 Å². The molecule has 0 aliphatic carbocycles. The van der Waals surface area contributed by atoms with Gasteiger partial charge in [-0.1, -0.05) is 13.0 Å². The van der Waals surface area contributed by atoms with Gasteiger partial charge >= 0.3 is 5.97 Å². The van der Waals surface area contributed by atoms with Crippen molar-refractivity contribution in [3.8, 4) is 6.07 Å². The first-order chi connectivity index (χ1) is 7.65. The van der Waals surface area contributed by atoms with E-state index < -0.39 is 5.97 Å². The van der Waals surface area contributed by atoms with Crippen molar-refractivity contribution in [1.82, 2.24) is 0 Å². The Balaban J connectivity index is 3.27. The lowest BCUT2D eigenvalue weighted by atomic mass is 10.0. The van der Waals surface area contributed by atoms with Crippen LogP contribution in [0.4, 0.5) is 0 Å². The molecule has 84 valence electrons. The number of rotatable bonds is 3. The van der Waals surface area contributed by atoms with E-state index in [2.05, 4.69) is 28.7 Å². The Bertz CT molecular complexity index is 449. The molecular weight excluding hydrogens is 317 g/mol. The monoisotopic (exact) mass is 329 g/mol. The van der Waals surface area contributed by atoms with Gasteiger partial charge in [-0.25, -0.2) is 4.79 Å². The van der Waals surface area contributed by atoms with Gasteiger partial charge in [0, 0.05) is 3.57 Å². The molecule has 0 atom stereocenters. The molecule has 3 nitrogen and oxygen atoms in total. The van der Waals surface area contributed by atoms with E-state index in [9.17, 15) is 4.79 Å². The van der Waals surface area contributed by atoms with Crippen LogP contribution in [0.25, 0.3) is 0 Å². The van der Waals surface area contributed by atoms with Gasteiger partial charge in [-0.2, -0.15) is 5.26 Å². The van der Waals surface area contributed by atoms with Gasteiger partial charge in [-0.05, 0) is 47.6 Å². The van der Waals surface area contributed by atoms with E-state index in [0.29, 0.717) is 17.7 Å². The van der Waals surface area contributed by atoms with E-state index >= 15 is 0 Å². The molecule has 0 unspecified atom stereocenters. The van der Waals surface area contributed by atoms with Gasteiger partial charge in [0.2, 0.25) is 0 Å². The zero-order valence-electron chi connectivity index (χ0n) is 9.21. The molecule has 0 N–H and O–H groups in total. The molecule has 1 rings (SSSR count). The van der Waals surface area contributed by atoms with Crippen LogP contribution in [0.2, 0.25) is 0 Å². The number of benzene rings is 1. The van der Waals surface area contributed by atoms with Crippen LogP contribution in [-0.4, -0.2) is 12.6 Å². The van der Waals surface area contributed by atoms with Crippen molar-refractivity contribution in [2.75, 3.05) is 6.61 Å². The molecule has 0 aliphatic rings. The fraction of sp³-hybridized carbons (Fsp3) is 0.333. The number of nitrogens with zero attached hydrogens (tertiary/aromatic N) is 1. The van der Waals surface area contributed by atoms with Gasteiger partial charge in [-0.15, -0.1) is 0 Å². The first kappa shape index (κ1) is 13.0. The maximum Gasteiger partial charge on any atom is 0.339 e. The highest BCUT2D eigenvalue weighted by atomic mass is 127. The number of esters is 1. The SMILES string of the molecule is CCOC(=O)c1ccc(CC)c(I)c1C#N. The first-order valence-electron chi connectivity index (χ1n) is 5.04. The van der Waals surface area contributed by atoms with Crippen LogP contribution in [-0.2, 0) is 11.2 Å². The summed E-state index contributed by atoms with van der Waals surface area (Å²) < 4.78 is 5.75. The third kappa shape index (κ3) is 2.53. The maximum atomic E-state index is 11.6. The minimum absolute atomic E-state index is 0.315. The number of hydrogen-bond donors (Lipinski definition) is 0. The lowest BCUT2D eigenvalue weighted by Crippen LogP contribution is -2.09. The topological polar surface area (TPSA) is 50.1 Å². The molecule has 0 radical (unpaired) electrons. The summed E-state index contributed by atoms with van der Waals surface area (Å²) in [6, 6.07) is 5.60. The summed E-state index contributed by atoms with van der Waals surface area (Å²) in [4.78, 5) is 11.6. The van der Waals surface area contributed by atoms with Gasteiger partial charge in [-0.3, -0.25) is 0 Å². The summed E-state index contributed by atoms with van der Waals surface area (Å²) >= 11 is 2.10. The molecule has 0 heterocycles. The van der Waals surface area contributed by atoms with Crippen molar-refractivity contribution in [2.24, 2.45) is 0 Å². The van der Waals surface area contributed by atoms with Crippen molar-refractivity contribution in [1.29, 1.82) is 5.26 Å². The third-order valence-electron chi connectivity index (χ3n) is 2.21. The molecule has 0 fully saturated rings. The van der Waals surface area contributed by atoms with Crippen LogP contribution in [0.3, 0.4) is 0 Å². The van der Waals surface area contributed by atoms with Crippen molar-refractivity contribution < 1.29 is 9.53 Å². The Kier molecular flexibility index (Phi) is 4.74. The van der Waals surface area contributed by atoms with Gasteiger partial charge in [0.05, 0.1) is 17.7 Å². The summed E-state index contributed by atoms with van der Waals surface area (Å²) in [6.45, 7) is 4.08. The molecule has 0 aromatic heterocycles. The lowest BCUT2D eigenvalue weighted by Gasteiger charge is -2.08. The van der Waals surface area contributed by atoms with Crippen molar-refractivity contribution in [3.05, 3.63) is 32.4 Å². The maximum absolute atomic E-state index is 11.6. The van der Waals surface area contributed by atoms with Crippen LogP contribution < -0.4 is 0 Å². The molecule has 4 heteroatoms. The average molecular weight is 329 g/mol. The second-order valence-corrected chi connectivity index (χ2v) is 4.23. The van der Waals surface area contributed by atoms with Gasteiger partial charge < -0.3 is 4.74 Å². The Hall–Kier alpha value is -1.09. The first-order valence-corrected chi connectivity index (χ1v) is 6.12. The molecule has 0 bridgehead atoms. The molecule has 0 spiro atoms. The van der Waals surface area contributed by atoms with Crippen molar-refractivity contribution in [2.45, 2.75) is 20.3 Å². The molecule has 0 amide bonds. The van der Waals surface area contributed by atoms with Crippen molar-refractivity contribution >= 4 is 28.6 Å². The number of ether oxygens (including phenoxy) is 1. The number of hydrogen-bond acceptors (Lipinski definition) is 3. The molecule has 0 saturated carbocycles. The van der Waals surface area contributed by atoms with Gasteiger partial charge in [0.15, 0.2) is 0 Å². The van der Waals surface area contributed by atoms with Crippen LogP contribution in [0.1, 0.15) is 35.3 Å². The number of carbonyl (C=O) groups excluding carboxylic acids is 1. The Labute approximate surface area is 109 Å². The summed E-state index contributed by atoms with van der Waals surface area (Å²) in [5.74, 6) is -0.431. The zero-order valence-corrected chi connectivity index (χ0v) is 11.4. The predicted molar refractivity (Wildman–Crippen MR) is 69.2 cm³/mol. The number of carbonyl (C=O) groups is 1. The standard InChI is InChI=1S/C12H12INO2/c1-3-8-5-6-9(12(15)16-4-2)10(7-14)11(8)13/h5-6H,3-4H2,1-2H3. The van der Waals surface area contributed by atoms with Crippen LogP contribution in [0.5, 0.6) is 0 Å². The number of nitriles is 1. The third-order valence-corrected chi connectivity index (χ3v) is 3.44. The molecule has 0 aliphatic heterocycles. The largest absolute Gasteiger partial charge is 0.462 e. The lowest BCUT2D eigenvalue weighted by molar-refractivity contribution is 0.0526. The quantitative estimate of drug-likeness (QED) is 0.633. The highest BCUT2D eigenvalue weighted by molar-refractivity contribution is 14.1. The minimum Gasteiger partial charge on any atom is -0.462 e. The fourth-order valence-electron chi connectivity index (χ4n) is 1.38. The number of halogens is 1. The van der Waals surface area contributed by atoms with E-state index in [4.69, 9.17) is 10.00 Å². The Morgan fingerprint density at radius 2 is 2.19 bits per heavy atom. The van der Waals surface area contributed by atoms with Crippen molar-refractivity contribution in [3.63, 3.8) is 0 Å². The van der Waals surface area contributed by atoms with E-state index in [1.165, 1.54) is 0 Å². The molecular formula is C12H12INO2. The normalized spacial score (nSPS) is 9.62. The smallest absolute Gasteiger partial charge is 0.339 e. The summed E-state index contributed by atoms with van der Waals surface area (Å²) in [5.41, 5.74) is 1.84. The minimum atomic E-state index is -0.431.